The van der Waals surface area contributed by atoms with Crippen molar-refractivity contribution in [2.75, 3.05) is 26.2 Å². The van der Waals surface area contributed by atoms with Crippen molar-refractivity contribution in [2.45, 2.75) is 19.4 Å². The number of carbonyl (C=O) groups excluding carboxylic acids is 1. The number of furan rings is 1. The Balaban J connectivity index is 1.40. The molecule has 7 heteroatoms. The fourth-order valence-electron chi connectivity index (χ4n) is 3.24. The average molecular weight is 372 g/mol. The monoisotopic (exact) mass is 372 g/mol. The van der Waals surface area contributed by atoms with Crippen molar-refractivity contribution in [2.24, 2.45) is 5.92 Å². The summed E-state index contributed by atoms with van der Waals surface area (Å²) in [6.07, 6.45) is 3.52. The van der Waals surface area contributed by atoms with Gasteiger partial charge in [0, 0.05) is 6.54 Å². The SMILES string of the molecule is O=C(O)c1cccc(OCCNC(=O)[C@@H]2CCCN(Cc3ccco3)C2)c1. The lowest BCUT2D eigenvalue weighted by molar-refractivity contribution is -0.126. The van der Waals surface area contributed by atoms with Crippen molar-refractivity contribution in [3.05, 3.63) is 54.0 Å². The van der Waals surface area contributed by atoms with E-state index in [0.717, 1.165) is 31.7 Å². The van der Waals surface area contributed by atoms with Gasteiger partial charge >= 0.3 is 5.97 Å². The van der Waals surface area contributed by atoms with E-state index in [9.17, 15) is 9.59 Å². The summed E-state index contributed by atoms with van der Waals surface area (Å²) in [7, 11) is 0. The number of rotatable bonds is 8. The van der Waals surface area contributed by atoms with Crippen molar-refractivity contribution in [3.8, 4) is 5.75 Å². The highest BCUT2D eigenvalue weighted by Gasteiger charge is 2.25. The van der Waals surface area contributed by atoms with Crippen molar-refractivity contribution >= 4 is 11.9 Å². The van der Waals surface area contributed by atoms with Gasteiger partial charge in [0.1, 0.15) is 18.1 Å². The Morgan fingerprint density at radius 3 is 2.96 bits per heavy atom. The molecule has 0 radical (unpaired) electrons. The Hall–Kier alpha value is -2.80. The lowest BCUT2D eigenvalue weighted by atomic mass is 9.97. The maximum absolute atomic E-state index is 12.4. The molecule has 2 heterocycles. The predicted molar refractivity (Wildman–Crippen MR) is 98.6 cm³/mol. The van der Waals surface area contributed by atoms with Crippen LogP contribution < -0.4 is 10.1 Å². The van der Waals surface area contributed by atoms with Crippen molar-refractivity contribution in [3.63, 3.8) is 0 Å². The largest absolute Gasteiger partial charge is 0.492 e. The van der Waals surface area contributed by atoms with Gasteiger partial charge < -0.3 is 19.6 Å². The minimum Gasteiger partial charge on any atom is -0.492 e. The Labute approximate surface area is 157 Å². The number of piperidine rings is 1. The van der Waals surface area contributed by atoms with E-state index in [0.29, 0.717) is 18.8 Å². The molecule has 1 aliphatic heterocycles. The summed E-state index contributed by atoms with van der Waals surface area (Å²) in [4.78, 5) is 25.6. The molecule has 1 saturated heterocycles. The van der Waals surface area contributed by atoms with Crippen LogP contribution in [0.1, 0.15) is 29.0 Å². The zero-order chi connectivity index (χ0) is 19.1. The molecule has 1 aromatic heterocycles. The molecule has 0 unspecified atom stereocenters. The molecule has 0 spiro atoms. The number of benzene rings is 1. The molecule has 1 aliphatic rings. The molecule has 2 N–H and O–H groups in total. The second kappa shape index (κ2) is 9.23. The number of carboxylic acids is 1. The highest BCUT2D eigenvalue weighted by molar-refractivity contribution is 5.88. The topological polar surface area (TPSA) is 92.0 Å². The molecule has 1 aromatic carbocycles. The van der Waals surface area contributed by atoms with Gasteiger partial charge in [-0.15, -0.1) is 0 Å². The molecule has 3 rings (SSSR count). The van der Waals surface area contributed by atoms with Crippen LogP contribution in [0.4, 0.5) is 0 Å². The van der Waals surface area contributed by atoms with Crippen LogP contribution in [0.25, 0.3) is 0 Å². The molecule has 144 valence electrons. The number of nitrogens with one attached hydrogen (secondary N) is 1. The minimum atomic E-state index is -0.995. The van der Waals surface area contributed by atoms with Crippen LogP contribution >= 0.6 is 0 Å². The molecule has 1 amide bonds. The number of amides is 1. The number of carboxylic acid groups (broad SMARTS) is 1. The minimum absolute atomic E-state index is 0.0297. The van der Waals surface area contributed by atoms with Gasteiger partial charge in [-0.2, -0.15) is 0 Å². The van der Waals surface area contributed by atoms with E-state index in [1.54, 1.807) is 18.4 Å². The van der Waals surface area contributed by atoms with Gasteiger partial charge in [-0.05, 0) is 49.7 Å². The third kappa shape index (κ3) is 5.59. The van der Waals surface area contributed by atoms with E-state index >= 15 is 0 Å². The molecular formula is C20H24N2O5. The van der Waals surface area contributed by atoms with Gasteiger partial charge in [-0.1, -0.05) is 6.07 Å². The Morgan fingerprint density at radius 2 is 2.19 bits per heavy atom. The fourth-order valence-corrected chi connectivity index (χ4v) is 3.24. The molecule has 2 aromatic rings. The number of ether oxygens (including phenoxy) is 1. The van der Waals surface area contributed by atoms with E-state index in [2.05, 4.69) is 10.2 Å². The van der Waals surface area contributed by atoms with Gasteiger partial charge in [0.2, 0.25) is 5.91 Å². The van der Waals surface area contributed by atoms with Crippen molar-refractivity contribution in [1.82, 2.24) is 10.2 Å². The zero-order valence-corrected chi connectivity index (χ0v) is 15.1. The quantitative estimate of drug-likeness (QED) is 0.692. The fraction of sp³-hybridized carbons (Fsp3) is 0.400. The lowest BCUT2D eigenvalue weighted by Gasteiger charge is -2.31. The molecule has 0 bridgehead atoms. The number of likely N-dealkylation sites (tertiary alicyclic amines) is 1. The van der Waals surface area contributed by atoms with Crippen LogP contribution in [0.3, 0.4) is 0 Å². The predicted octanol–water partition coefficient (Wildman–Crippen LogP) is 2.39. The van der Waals surface area contributed by atoms with E-state index < -0.39 is 5.97 Å². The first-order valence-corrected chi connectivity index (χ1v) is 9.10. The first kappa shape index (κ1) is 19.0. The molecule has 1 atom stereocenters. The Kier molecular flexibility index (Phi) is 6.49. The lowest BCUT2D eigenvalue weighted by Crippen LogP contribution is -2.43. The number of hydrogen-bond donors (Lipinski definition) is 2. The zero-order valence-electron chi connectivity index (χ0n) is 15.1. The molecule has 0 saturated carbocycles. The summed E-state index contributed by atoms with van der Waals surface area (Å²) >= 11 is 0. The number of carbonyl (C=O) groups is 2. The summed E-state index contributed by atoms with van der Waals surface area (Å²) in [5, 5.41) is 11.9. The van der Waals surface area contributed by atoms with Crippen LogP contribution in [-0.2, 0) is 11.3 Å². The molecule has 0 aliphatic carbocycles. The molecule has 7 nitrogen and oxygen atoms in total. The summed E-state index contributed by atoms with van der Waals surface area (Å²) in [6, 6.07) is 10.1. The Bertz CT molecular complexity index is 759. The molecular weight excluding hydrogens is 348 g/mol. The van der Waals surface area contributed by atoms with Crippen molar-refractivity contribution < 1.29 is 23.8 Å². The van der Waals surface area contributed by atoms with Crippen molar-refractivity contribution in [1.29, 1.82) is 0 Å². The van der Waals surface area contributed by atoms with Crippen LogP contribution in [-0.4, -0.2) is 48.1 Å². The summed E-state index contributed by atoms with van der Waals surface area (Å²) < 4.78 is 10.9. The van der Waals surface area contributed by atoms with Gasteiger partial charge in [-0.25, -0.2) is 4.79 Å². The van der Waals surface area contributed by atoms with E-state index in [-0.39, 0.29) is 24.0 Å². The van der Waals surface area contributed by atoms with Crippen LogP contribution in [0, 0.1) is 5.92 Å². The maximum atomic E-state index is 12.4. The van der Waals surface area contributed by atoms with Gasteiger partial charge in [0.25, 0.3) is 0 Å². The summed E-state index contributed by atoms with van der Waals surface area (Å²) in [5.41, 5.74) is 0.176. The molecule has 27 heavy (non-hydrogen) atoms. The first-order valence-electron chi connectivity index (χ1n) is 9.10. The second-order valence-corrected chi connectivity index (χ2v) is 6.63. The van der Waals surface area contributed by atoms with E-state index in [1.165, 1.54) is 12.1 Å². The van der Waals surface area contributed by atoms with Gasteiger partial charge in [0.15, 0.2) is 0 Å². The number of hydrogen-bond acceptors (Lipinski definition) is 5. The normalized spacial score (nSPS) is 17.4. The summed E-state index contributed by atoms with van der Waals surface area (Å²) in [5.74, 6) is 0.385. The third-order valence-electron chi connectivity index (χ3n) is 4.59. The molecule has 1 fully saturated rings. The second-order valence-electron chi connectivity index (χ2n) is 6.63. The van der Waals surface area contributed by atoms with Crippen LogP contribution in [0.5, 0.6) is 5.75 Å². The number of nitrogens with zero attached hydrogens (tertiary/aromatic N) is 1. The van der Waals surface area contributed by atoms with E-state index in [4.69, 9.17) is 14.3 Å². The first-order chi connectivity index (χ1) is 13.1. The smallest absolute Gasteiger partial charge is 0.335 e. The maximum Gasteiger partial charge on any atom is 0.335 e. The standard InChI is InChI=1S/C20H24N2O5/c23-19(16-5-2-9-22(13-16)14-18-7-3-10-26-18)21-8-11-27-17-6-1-4-15(12-17)20(24)25/h1,3-4,6-7,10,12,16H,2,5,8-9,11,13-14H2,(H,21,23)(H,24,25)/t16-/m1/s1. The summed E-state index contributed by atoms with van der Waals surface area (Å²) in [6.45, 7) is 3.07. The average Bonchev–Trinajstić information content (AvgIpc) is 3.18. The van der Waals surface area contributed by atoms with Gasteiger partial charge in [-0.3, -0.25) is 9.69 Å². The van der Waals surface area contributed by atoms with Gasteiger partial charge in [0.05, 0.1) is 30.8 Å². The third-order valence-corrected chi connectivity index (χ3v) is 4.59. The highest BCUT2D eigenvalue weighted by atomic mass is 16.5. The van der Waals surface area contributed by atoms with Crippen LogP contribution in [0.15, 0.2) is 47.1 Å². The number of aromatic carboxylic acids is 1. The van der Waals surface area contributed by atoms with E-state index in [1.807, 2.05) is 12.1 Å². The van der Waals surface area contributed by atoms with Crippen LogP contribution in [0.2, 0.25) is 0 Å². The highest BCUT2D eigenvalue weighted by Crippen LogP contribution is 2.19. The Morgan fingerprint density at radius 1 is 1.30 bits per heavy atom.